The summed E-state index contributed by atoms with van der Waals surface area (Å²) < 4.78 is 5.72. The molecule has 0 saturated carbocycles. The summed E-state index contributed by atoms with van der Waals surface area (Å²) in [5.41, 5.74) is 1.71. The molecule has 0 aliphatic carbocycles. The number of rotatable bonds is 4. The molecule has 3 heteroatoms. The highest BCUT2D eigenvalue weighted by Crippen LogP contribution is 2.26. The first-order chi connectivity index (χ1) is 8.68. The molecular formula is C15H15ClO2. The van der Waals surface area contributed by atoms with Crippen LogP contribution in [-0.4, -0.2) is 5.11 Å². The molecule has 2 rings (SSSR count). The zero-order valence-corrected chi connectivity index (χ0v) is 10.9. The number of benzene rings is 2. The van der Waals surface area contributed by atoms with Crippen molar-refractivity contribution in [2.75, 3.05) is 0 Å². The summed E-state index contributed by atoms with van der Waals surface area (Å²) in [7, 11) is 0. The quantitative estimate of drug-likeness (QED) is 0.903. The number of para-hydroxylation sites is 1. The lowest BCUT2D eigenvalue weighted by Gasteiger charge is -2.13. The van der Waals surface area contributed by atoms with E-state index in [2.05, 4.69) is 0 Å². The van der Waals surface area contributed by atoms with Gasteiger partial charge in [0.05, 0.1) is 6.10 Å². The zero-order valence-electron chi connectivity index (χ0n) is 10.1. The molecule has 0 aliphatic rings. The van der Waals surface area contributed by atoms with Crippen molar-refractivity contribution in [3.63, 3.8) is 0 Å². The van der Waals surface area contributed by atoms with Crippen molar-refractivity contribution in [3.05, 3.63) is 64.7 Å². The Morgan fingerprint density at radius 2 is 1.78 bits per heavy atom. The minimum Gasteiger partial charge on any atom is -0.488 e. The molecule has 0 saturated heterocycles. The van der Waals surface area contributed by atoms with Gasteiger partial charge in [-0.15, -0.1) is 0 Å². The summed E-state index contributed by atoms with van der Waals surface area (Å²) in [6.07, 6.45) is -0.549. The smallest absolute Gasteiger partial charge is 0.125 e. The van der Waals surface area contributed by atoms with Crippen LogP contribution in [0.3, 0.4) is 0 Å². The molecule has 0 aliphatic heterocycles. The fraction of sp³-hybridized carbons (Fsp3) is 0.200. The van der Waals surface area contributed by atoms with Crippen molar-refractivity contribution in [1.82, 2.24) is 0 Å². The van der Waals surface area contributed by atoms with E-state index in [1.165, 1.54) is 0 Å². The second-order valence-electron chi connectivity index (χ2n) is 4.09. The standard InChI is InChI=1S/C15H15ClO2/c1-11(17)13-7-3-5-9-15(13)18-10-12-6-2-4-8-14(12)16/h2-9,11,17H,10H2,1H3/t11-/m0/s1. The Morgan fingerprint density at radius 3 is 2.50 bits per heavy atom. The maximum atomic E-state index is 9.65. The Balaban J connectivity index is 2.14. The highest BCUT2D eigenvalue weighted by atomic mass is 35.5. The van der Waals surface area contributed by atoms with E-state index in [4.69, 9.17) is 16.3 Å². The third-order valence-electron chi connectivity index (χ3n) is 2.71. The lowest BCUT2D eigenvalue weighted by Crippen LogP contribution is -2.01. The lowest BCUT2D eigenvalue weighted by atomic mass is 10.1. The summed E-state index contributed by atoms with van der Waals surface area (Å²) in [5.74, 6) is 0.687. The minimum absolute atomic E-state index is 0.392. The first-order valence-corrected chi connectivity index (χ1v) is 6.19. The van der Waals surface area contributed by atoms with Gasteiger partial charge in [-0.1, -0.05) is 48.0 Å². The fourth-order valence-electron chi connectivity index (χ4n) is 1.73. The molecule has 18 heavy (non-hydrogen) atoms. The van der Waals surface area contributed by atoms with E-state index in [0.29, 0.717) is 17.4 Å². The van der Waals surface area contributed by atoms with Crippen LogP contribution in [0.15, 0.2) is 48.5 Å². The highest BCUT2D eigenvalue weighted by molar-refractivity contribution is 6.31. The number of aliphatic hydroxyl groups is 1. The van der Waals surface area contributed by atoms with Crippen LogP contribution in [0.25, 0.3) is 0 Å². The fourth-order valence-corrected chi connectivity index (χ4v) is 1.92. The molecule has 1 N–H and O–H groups in total. The van der Waals surface area contributed by atoms with Crippen molar-refractivity contribution < 1.29 is 9.84 Å². The summed E-state index contributed by atoms with van der Waals surface area (Å²) in [4.78, 5) is 0. The molecule has 0 aromatic heterocycles. The van der Waals surface area contributed by atoms with Crippen molar-refractivity contribution in [3.8, 4) is 5.75 Å². The van der Waals surface area contributed by atoms with E-state index < -0.39 is 6.10 Å². The SMILES string of the molecule is C[C@H](O)c1ccccc1OCc1ccccc1Cl. The van der Waals surface area contributed by atoms with E-state index in [-0.39, 0.29) is 0 Å². The van der Waals surface area contributed by atoms with E-state index in [1.807, 2.05) is 48.5 Å². The number of aliphatic hydroxyl groups excluding tert-OH is 1. The van der Waals surface area contributed by atoms with Crippen molar-refractivity contribution in [1.29, 1.82) is 0 Å². The van der Waals surface area contributed by atoms with Gasteiger partial charge in [0.1, 0.15) is 12.4 Å². The molecule has 2 nitrogen and oxygen atoms in total. The number of halogens is 1. The van der Waals surface area contributed by atoms with Gasteiger partial charge in [0.15, 0.2) is 0 Å². The predicted octanol–water partition coefficient (Wildman–Crippen LogP) is 3.97. The van der Waals surface area contributed by atoms with Gasteiger partial charge in [-0.2, -0.15) is 0 Å². The largest absolute Gasteiger partial charge is 0.488 e. The Morgan fingerprint density at radius 1 is 1.11 bits per heavy atom. The molecule has 2 aromatic carbocycles. The molecule has 0 unspecified atom stereocenters. The van der Waals surface area contributed by atoms with Crippen LogP contribution in [0.1, 0.15) is 24.2 Å². The molecule has 1 atom stereocenters. The monoisotopic (exact) mass is 262 g/mol. The molecule has 0 bridgehead atoms. The predicted molar refractivity (Wildman–Crippen MR) is 72.9 cm³/mol. The van der Waals surface area contributed by atoms with Crippen molar-refractivity contribution >= 4 is 11.6 Å². The minimum atomic E-state index is -0.549. The maximum Gasteiger partial charge on any atom is 0.125 e. The van der Waals surface area contributed by atoms with Gasteiger partial charge in [-0.05, 0) is 19.1 Å². The molecule has 0 heterocycles. The molecule has 0 radical (unpaired) electrons. The van der Waals surface area contributed by atoms with Crippen LogP contribution in [0.4, 0.5) is 0 Å². The van der Waals surface area contributed by atoms with E-state index in [1.54, 1.807) is 6.92 Å². The Bertz CT molecular complexity index is 523. The molecule has 94 valence electrons. The van der Waals surface area contributed by atoms with E-state index in [9.17, 15) is 5.11 Å². The molecular weight excluding hydrogens is 248 g/mol. The first-order valence-electron chi connectivity index (χ1n) is 5.81. The topological polar surface area (TPSA) is 29.5 Å². The second-order valence-corrected chi connectivity index (χ2v) is 4.50. The van der Waals surface area contributed by atoms with E-state index in [0.717, 1.165) is 11.1 Å². The van der Waals surface area contributed by atoms with Crippen LogP contribution >= 0.6 is 11.6 Å². The van der Waals surface area contributed by atoms with Gasteiger partial charge in [-0.25, -0.2) is 0 Å². The lowest BCUT2D eigenvalue weighted by molar-refractivity contribution is 0.190. The van der Waals surface area contributed by atoms with Crippen LogP contribution in [-0.2, 0) is 6.61 Å². The molecule has 0 amide bonds. The third kappa shape index (κ3) is 3.03. The van der Waals surface area contributed by atoms with Gasteiger partial charge in [0, 0.05) is 16.1 Å². The summed E-state index contributed by atoms with van der Waals surface area (Å²) >= 11 is 6.06. The molecule has 2 aromatic rings. The average Bonchev–Trinajstić information content (AvgIpc) is 2.38. The van der Waals surface area contributed by atoms with Crippen LogP contribution in [0.5, 0.6) is 5.75 Å². The summed E-state index contributed by atoms with van der Waals surface area (Å²) in [5, 5.41) is 10.3. The second kappa shape index (κ2) is 5.89. The normalized spacial score (nSPS) is 12.2. The van der Waals surface area contributed by atoms with Crippen LogP contribution < -0.4 is 4.74 Å². The first kappa shape index (κ1) is 12.9. The Hall–Kier alpha value is -1.51. The summed E-state index contributed by atoms with van der Waals surface area (Å²) in [6, 6.07) is 15.0. The van der Waals surface area contributed by atoms with Gasteiger partial charge >= 0.3 is 0 Å². The van der Waals surface area contributed by atoms with E-state index >= 15 is 0 Å². The molecule has 0 spiro atoms. The Labute approximate surface area is 112 Å². The molecule has 0 fully saturated rings. The number of hydrogen-bond acceptors (Lipinski definition) is 2. The van der Waals surface area contributed by atoms with Gasteiger partial charge in [0.2, 0.25) is 0 Å². The number of hydrogen-bond donors (Lipinski definition) is 1. The van der Waals surface area contributed by atoms with Gasteiger partial charge < -0.3 is 9.84 Å². The zero-order chi connectivity index (χ0) is 13.0. The number of ether oxygens (including phenoxy) is 1. The highest BCUT2D eigenvalue weighted by Gasteiger charge is 2.08. The van der Waals surface area contributed by atoms with Gasteiger partial charge in [0.25, 0.3) is 0 Å². The van der Waals surface area contributed by atoms with Gasteiger partial charge in [-0.3, -0.25) is 0 Å². The average molecular weight is 263 g/mol. The van der Waals surface area contributed by atoms with Crippen molar-refractivity contribution in [2.45, 2.75) is 19.6 Å². The van der Waals surface area contributed by atoms with Crippen LogP contribution in [0.2, 0.25) is 5.02 Å². The van der Waals surface area contributed by atoms with Crippen LogP contribution in [0, 0.1) is 0 Å². The van der Waals surface area contributed by atoms with Crippen molar-refractivity contribution in [2.24, 2.45) is 0 Å². The third-order valence-corrected chi connectivity index (χ3v) is 3.08. The Kier molecular flexibility index (Phi) is 4.24. The maximum absolute atomic E-state index is 9.65. The summed E-state index contributed by atoms with van der Waals surface area (Å²) in [6.45, 7) is 2.11.